The summed E-state index contributed by atoms with van der Waals surface area (Å²) in [6.45, 7) is -0.273. The lowest BCUT2D eigenvalue weighted by Crippen LogP contribution is -2.16. The number of rotatable bonds is 6. The van der Waals surface area contributed by atoms with Gasteiger partial charge in [0.15, 0.2) is 6.61 Å². The van der Waals surface area contributed by atoms with Crippen LogP contribution >= 0.6 is 11.3 Å². The molecule has 0 atom stereocenters. The highest BCUT2D eigenvalue weighted by Crippen LogP contribution is 2.18. The van der Waals surface area contributed by atoms with Crippen LogP contribution in [0.1, 0.15) is 15.2 Å². The van der Waals surface area contributed by atoms with Gasteiger partial charge in [-0.1, -0.05) is 18.2 Å². The van der Waals surface area contributed by atoms with Crippen molar-refractivity contribution in [3.05, 3.63) is 52.2 Å². The maximum atomic E-state index is 12.0. The molecule has 0 amide bonds. The van der Waals surface area contributed by atoms with E-state index in [-0.39, 0.29) is 18.8 Å². The summed E-state index contributed by atoms with van der Waals surface area (Å²) >= 11 is 1.48. The van der Waals surface area contributed by atoms with Crippen molar-refractivity contribution in [3.63, 3.8) is 0 Å². The molecule has 20 heavy (non-hydrogen) atoms. The van der Waals surface area contributed by atoms with Crippen molar-refractivity contribution in [3.8, 4) is 5.75 Å². The number of benzene rings is 1. The quantitative estimate of drug-likeness (QED) is 0.606. The molecule has 2 rings (SSSR count). The third-order valence-electron chi connectivity index (χ3n) is 2.67. The van der Waals surface area contributed by atoms with Crippen molar-refractivity contribution in [2.45, 2.75) is 6.42 Å². The molecule has 0 unspecified atom stereocenters. The average molecular weight is 290 g/mol. The fourth-order valence-corrected chi connectivity index (χ4v) is 2.40. The van der Waals surface area contributed by atoms with Crippen molar-refractivity contribution < 1.29 is 19.1 Å². The second-order valence-corrected chi connectivity index (χ2v) is 5.07. The summed E-state index contributed by atoms with van der Waals surface area (Å²) in [5, 5.41) is 1.89. The summed E-state index contributed by atoms with van der Waals surface area (Å²) in [6.07, 6.45) is 0.191. The molecule has 5 heteroatoms. The molecule has 0 spiro atoms. The van der Waals surface area contributed by atoms with Crippen molar-refractivity contribution in [1.29, 1.82) is 0 Å². The molecule has 0 aliphatic heterocycles. The van der Waals surface area contributed by atoms with Gasteiger partial charge in [-0.25, -0.2) is 0 Å². The zero-order valence-corrected chi connectivity index (χ0v) is 11.8. The van der Waals surface area contributed by atoms with Gasteiger partial charge in [-0.3, -0.25) is 9.59 Å². The van der Waals surface area contributed by atoms with Crippen LogP contribution in [0.15, 0.2) is 41.8 Å². The fraction of sp³-hybridized carbons (Fsp3) is 0.200. The first-order valence-corrected chi connectivity index (χ1v) is 6.93. The molecule has 104 valence electrons. The Hall–Kier alpha value is -2.14. The predicted molar refractivity (Wildman–Crippen MR) is 76.3 cm³/mol. The van der Waals surface area contributed by atoms with Crippen LogP contribution < -0.4 is 4.74 Å². The number of Topliss-reactive ketones (excluding diaryl/α,β-unsaturated/α-hetero) is 1. The van der Waals surface area contributed by atoms with Crippen LogP contribution in [-0.2, 0) is 16.0 Å². The highest BCUT2D eigenvalue weighted by Gasteiger charge is 2.14. The molecule has 1 aromatic carbocycles. The standard InChI is InChI=1S/C15H14O4S/c1-18-14-7-3-2-6-12(14)13(16)10-19-15(17)9-11-5-4-8-20-11/h2-8H,9-10H2,1H3. The van der Waals surface area contributed by atoms with Gasteiger partial charge in [-0.2, -0.15) is 0 Å². The van der Waals surface area contributed by atoms with E-state index in [0.29, 0.717) is 11.3 Å². The molecule has 0 radical (unpaired) electrons. The van der Waals surface area contributed by atoms with E-state index in [4.69, 9.17) is 9.47 Å². The van der Waals surface area contributed by atoms with Crippen molar-refractivity contribution in [2.24, 2.45) is 0 Å². The summed E-state index contributed by atoms with van der Waals surface area (Å²) in [6, 6.07) is 10.6. The molecule has 0 bridgehead atoms. The van der Waals surface area contributed by atoms with Crippen LogP contribution in [0.4, 0.5) is 0 Å². The molecule has 0 aliphatic carbocycles. The maximum absolute atomic E-state index is 12.0. The number of methoxy groups -OCH3 is 1. The van der Waals surface area contributed by atoms with Gasteiger partial charge < -0.3 is 9.47 Å². The number of thiophene rings is 1. The Balaban J connectivity index is 1.90. The van der Waals surface area contributed by atoms with Gasteiger partial charge in [0.1, 0.15) is 5.75 Å². The highest BCUT2D eigenvalue weighted by atomic mass is 32.1. The minimum absolute atomic E-state index is 0.191. The Morgan fingerprint density at radius 1 is 1.15 bits per heavy atom. The number of esters is 1. The van der Waals surface area contributed by atoms with Gasteiger partial charge in [0.2, 0.25) is 5.78 Å². The lowest BCUT2D eigenvalue weighted by atomic mass is 10.1. The first-order valence-electron chi connectivity index (χ1n) is 6.05. The van der Waals surface area contributed by atoms with Gasteiger partial charge in [0.25, 0.3) is 0 Å². The Morgan fingerprint density at radius 2 is 1.95 bits per heavy atom. The Bertz CT molecular complexity index is 590. The van der Waals surface area contributed by atoms with Crippen molar-refractivity contribution in [1.82, 2.24) is 0 Å². The number of carbonyl (C=O) groups is 2. The van der Waals surface area contributed by atoms with Crippen LogP contribution in [-0.4, -0.2) is 25.5 Å². The van der Waals surface area contributed by atoms with Crippen LogP contribution in [0.3, 0.4) is 0 Å². The summed E-state index contributed by atoms with van der Waals surface area (Å²) in [4.78, 5) is 24.5. The van der Waals surface area contributed by atoms with E-state index >= 15 is 0 Å². The molecule has 0 saturated carbocycles. The summed E-state index contributed by atoms with van der Waals surface area (Å²) in [5.41, 5.74) is 0.416. The number of ether oxygens (including phenoxy) is 2. The van der Waals surface area contributed by atoms with E-state index in [1.165, 1.54) is 18.4 Å². The first-order chi connectivity index (χ1) is 9.70. The largest absolute Gasteiger partial charge is 0.496 e. The monoisotopic (exact) mass is 290 g/mol. The Morgan fingerprint density at radius 3 is 2.65 bits per heavy atom. The van der Waals surface area contributed by atoms with Gasteiger partial charge in [-0.15, -0.1) is 11.3 Å². The molecule has 2 aromatic rings. The van der Waals surface area contributed by atoms with E-state index < -0.39 is 5.97 Å². The van der Waals surface area contributed by atoms with Crippen molar-refractivity contribution in [2.75, 3.05) is 13.7 Å². The Labute approximate surface area is 121 Å². The van der Waals surface area contributed by atoms with Crippen LogP contribution in [0.25, 0.3) is 0 Å². The van der Waals surface area contributed by atoms with Crippen LogP contribution in [0.5, 0.6) is 5.75 Å². The van der Waals surface area contributed by atoms with Gasteiger partial charge >= 0.3 is 5.97 Å². The third kappa shape index (κ3) is 3.68. The van der Waals surface area contributed by atoms with E-state index in [1.54, 1.807) is 24.3 Å². The topological polar surface area (TPSA) is 52.6 Å². The first kappa shape index (κ1) is 14.3. The van der Waals surface area contributed by atoms with Crippen LogP contribution in [0, 0.1) is 0 Å². The van der Waals surface area contributed by atoms with E-state index in [9.17, 15) is 9.59 Å². The van der Waals surface area contributed by atoms with Crippen molar-refractivity contribution >= 4 is 23.1 Å². The smallest absolute Gasteiger partial charge is 0.311 e. The van der Waals surface area contributed by atoms with Gasteiger partial charge in [-0.05, 0) is 23.6 Å². The molecular formula is C15H14O4S. The SMILES string of the molecule is COc1ccccc1C(=O)COC(=O)Cc1cccs1. The molecular weight excluding hydrogens is 276 g/mol. The number of ketones is 1. The normalized spacial score (nSPS) is 10.1. The molecule has 1 aromatic heterocycles. The zero-order valence-electron chi connectivity index (χ0n) is 11.0. The highest BCUT2D eigenvalue weighted by molar-refractivity contribution is 7.10. The van der Waals surface area contributed by atoms with E-state index in [0.717, 1.165) is 4.88 Å². The molecule has 0 aliphatic rings. The van der Waals surface area contributed by atoms with E-state index in [1.807, 2.05) is 17.5 Å². The fourth-order valence-electron chi connectivity index (χ4n) is 1.71. The van der Waals surface area contributed by atoms with E-state index in [2.05, 4.69) is 0 Å². The molecule has 4 nitrogen and oxygen atoms in total. The van der Waals surface area contributed by atoms with Crippen LogP contribution in [0.2, 0.25) is 0 Å². The third-order valence-corrected chi connectivity index (χ3v) is 3.55. The summed E-state index contributed by atoms with van der Waals surface area (Å²) in [5.74, 6) is -0.204. The predicted octanol–water partition coefficient (Wildman–Crippen LogP) is 2.73. The Kier molecular flexibility index (Phi) is 4.90. The number of hydrogen-bond acceptors (Lipinski definition) is 5. The maximum Gasteiger partial charge on any atom is 0.311 e. The molecule has 0 fully saturated rings. The minimum Gasteiger partial charge on any atom is -0.496 e. The lowest BCUT2D eigenvalue weighted by Gasteiger charge is -2.07. The second kappa shape index (κ2) is 6.86. The summed E-state index contributed by atoms with van der Waals surface area (Å²) < 4.78 is 10.1. The zero-order chi connectivity index (χ0) is 14.4. The minimum atomic E-state index is -0.407. The number of para-hydroxylation sites is 1. The second-order valence-electron chi connectivity index (χ2n) is 4.04. The molecule has 0 saturated heterocycles. The average Bonchev–Trinajstić information content (AvgIpc) is 2.97. The molecule has 1 heterocycles. The van der Waals surface area contributed by atoms with Gasteiger partial charge in [0, 0.05) is 4.88 Å². The lowest BCUT2D eigenvalue weighted by molar-refractivity contribution is -0.141. The number of carbonyl (C=O) groups excluding carboxylic acids is 2. The van der Waals surface area contributed by atoms with Gasteiger partial charge in [0.05, 0.1) is 19.1 Å². The number of hydrogen-bond donors (Lipinski definition) is 0. The molecule has 0 N–H and O–H groups in total. The summed E-state index contributed by atoms with van der Waals surface area (Å²) in [7, 11) is 1.49.